The Bertz CT molecular complexity index is 3190. The Hall–Kier alpha value is -6.30. The lowest BCUT2D eigenvalue weighted by Crippen LogP contribution is -2.14. The summed E-state index contributed by atoms with van der Waals surface area (Å²) in [6, 6.07) is 18.9. The number of nitrogens with zero attached hydrogens (tertiary/aromatic N) is 1. The minimum absolute atomic E-state index is 0.0575. The molecule has 0 aliphatic carbocycles. The summed E-state index contributed by atoms with van der Waals surface area (Å²) in [7, 11) is 10.6. The molecule has 0 fully saturated rings. The smallest absolute Gasteiger partial charge is 0.203 e. The molecule has 0 radical (unpaired) electrons. The van der Waals surface area contributed by atoms with Gasteiger partial charge in [0.1, 0.15) is 75.5 Å². The fourth-order valence-electron chi connectivity index (χ4n) is 7.36. The Morgan fingerprint density at radius 3 is 1.35 bits per heavy atom. The van der Waals surface area contributed by atoms with E-state index in [0.29, 0.717) is 91.2 Å². The summed E-state index contributed by atoms with van der Waals surface area (Å²) >= 11 is 12.3. The third-order valence-electron chi connectivity index (χ3n) is 11.4. The zero-order chi connectivity index (χ0) is 59.2. The van der Waals surface area contributed by atoms with Gasteiger partial charge < -0.3 is 58.2 Å². The lowest BCUT2D eigenvalue weighted by Gasteiger charge is -2.07. The molecule has 3 aliphatic rings. The van der Waals surface area contributed by atoms with Crippen molar-refractivity contribution in [1.82, 2.24) is 0 Å². The average molecular weight is 1380 g/mol. The molecule has 428 valence electrons. The van der Waals surface area contributed by atoms with E-state index < -0.39 is 23.7 Å². The predicted molar refractivity (Wildman–Crippen MR) is 300 cm³/mol. The minimum Gasteiger partial charge on any atom is -0.516 e. The van der Waals surface area contributed by atoms with E-state index >= 15 is 0 Å². The summed E-state index contributed by atoms with van der Waals surface area (Å²) in [5.74, 6) is 1.11. The first-order valence-corrected chi connectivity index (χ1v) is 26.3. The molecule has 3 atom stereocenters. The molecule has 0 saturated heterocycles. The summed E-state index contributed by atoms with van der Waals surface area (Å²) in [6.07, 6.45) is 6.41. The highest BCUT2D eigenvalue weighted by Gasteiger charge is 2.29. The van der Waals surface area contributed by atoms with Crippen LogP contribution < -0.4 is 34.2 Å². The number of aliphatic hydroxyl groups is 1. The lowest BCUT2D eigenvalue weighted by molar-refractivity contribution is -0.0370. The van der Waals surface area contributed by atoms with Crippen LogP contribution in [0.15, 0.2) is 103 Å². The van der Waals surface area contributed by atoms with Crippen LogP contribution in [0.5, 0.6) is 34.5 Å². The van der Waals surface area contributed by atoms with Crippen molar-refractivity contribution in [2.24, 2.45) is 5.73 Å². The van der Waals surface area contributed by atoms with Crippen LogP contribution in [0, 0.1) is 46.2 Å². The first-order chi connectivity index (χ1) is 38.3. The second-order valence-corrected chi connectivity index (χ2v) is 19.1. The number of benzene rings is 6. The highest BCUT2D eigenvalue weighted by molar-refractivity contribution is 9.11. The number of halogens is 10. The fourth-order valence-corrected chi connectivity index (χ4v) is 9.19. The van der Waals surface area contributed by atoms with Crippen LogP contribution in [0.25, 0.3) is 12.2 Å². The molecule has 0 bridgehead atoms. The zero-order valence-electron chi connectivity index (χ0n) is 43.6. The highest BCUT2D eigenvalue weighted by atomic mass is 79.9. The SMILES string of the molecule is CO/C=C/c1c(OC)ccc(F)c1Br.COC1Cc2c(ccc(F)c2Br)O1.COC1Cc2c(ccc(F)c2C#N)O1.COC1Cc2c(ccc(F)c2CN)O1.COc1ccc(F)c(Br)c1/C=C/O.COc1ccc(F)c(Br)c1C=O. The standard InChI is InChI=1S/C10H10BrFO2.C10H12FNO2.C10H8FNO2.2C9H8BrFO2.C8H6BrFO2/c1-13-6-5-7-9(14-2)4-3-8(12)10(7)11;2*1-13-10-4-6-7(5-12)8(11)2-3-9(6)14-10;1-12-8-4-5-7(13-8)3-2-6(11)9(5)10;1-13-8-3-2-7(11)9(10)6(8)4-5-12;1-12-7-3-2-6(10)8(9)5(7)4-11/h3-6H,1-2H3;2-3,10H,4-5,12H2,1H3;2-3,10H,4H2,1H3;2-3,8H,4H2,1H3;2-5,12H,1H3;2-4H,1H3/b6-5+;;;;5-4+;. The number of nitrogens with two attached hydrogens (primary N) is 1. The average Bonchev–Trinajstić information content (AvgIpc) is 4.28. The van der Waals surface area contributed by atoms with Crippen molar-refractivity contribution in [3.05, 3.63) is 183 Å². The topological polar surface area (TPSA) is 179 Å². The van der Waals surface area contributed by atoms with Gasteiger partial charge in [-0.25, -0.2) is 26.3 Å². The maximum Gasteiger partial charge on any atom is 0.203 e. The number of carbonyl (C=O) groups excluding carboxylic acids is 1. The molecule has 6 aromatic rings. The Kier molecular flexibility index (Phi) is 27.2. The molecule has 0 spiro atoms. The predicted octanol–water partition coefficient (Wildman–Crippen LogP) is 14.0. The van der Waals surface area contributed by atoms with Crippen LogP contribution in [-0.4, -0.2) is 80.0 Å². The third-order valence-corrected chi connectivity index (χ3v) is 14.6. The molecule has 3 N–H and O–H groups in total. The summed E-state index contributed by atoms with van der Waals surface area (Å²) in [4.78, 5) is 10.5. The summed E-state index contributed by atoms with van der Waals surface area (Å²) < 4.78 is 131. The number of hydrogen-bond donors (Lipinski definition) is 2. The first kappa shape index (κ1) is 66.2. The molecule has 3 aliphatic heterocycles. The largest absolute Gasteiger partial charge is 0.516 e. The van der Waals surface area contributed by atoms with Crippen LogP contribution in [0.3, 0.4) is 0 Å². The monoisotopic (exact) mass is 1370 g/mol. The highest BCUT2D eigenvalue weighted by Crippen LogP contribution is 2.38. The number of aliphatic hydroxyl groups excluding tert-OH is 1. The summed E-state index contributed by atoms with van der Waals surface area (Å²) in [5.41, 5.74) is 9.62. The van der Waals surface area contributed by atoms with Crippen LogP contribution in [0.4, 0.5) is 26.3 Å². The van der Waals surface area contributed by atoms with Gasteiger partial charge in [0.25, 0.3) is 0 Å². The van der Waals surface area contributed by atoms with Crippen LogP contribution >= 0.6 is 63.7 Å². The second-order valence-electron chi connectivity index (χ2n) is 15.9. The van der Waals surface area contributed by atoms with Crippen molar-refractivity contribution >= 4 is 82.2 Å². The van der Waals surface area contributed by atoms with E-state index in [2.05, 4.69) is 63.7 Å². The van der Waals surface area contributed by atoms with Crippen molar-refractivity contribution in [3.63, 3.8) is 0 Å². The Morgan fingerprint density at radius 2 is 0.925 bits per heavy atom. The Balaban J connectivity index is 0.000000207. The van der Waals surface area contributed by atoms with Gasteiger partial charge in [-0.2, -0.15) is 5.26 Å². The molecule has 9 rings (SSSR count). The molecule has 6 aromatic carbocycles. The molecular weight excluding hydrogens is 1330 g/mol. The van der Waals surface area contributed by atoms with Crippen LogP contribution in [-0.2, 0) is 44.8 Å². The van der Waals surface area contributed by atoms with Gasteiger partial charge in [-0.3, -0.25) is 4.79 Å². The molecule has 0 aromatic heterocycles. The third kappa shape index (κ3) is 17.1. The summed E-state index contributed by atoms with van der Waals surface area (Å²) in [5, 5.41) is 17.3. The number of methoxy groups -OCH3 is 7. The molecule has 3 unspecified atom stereocenters. The molecule has 3 heterocycles. The normalized spacial score (nSPS) is 14.8. The lowest BCUT2D eigenvalue weighted by atomic mass is 10.0. The van der Waals surface area contributed by atoms with Gasteiger partial charge in [0.05, 0.1) is 70.0 Å². The van der Waals surface area contributed by atoms with Crippen molar-refractivity contribution < 1.29 is 83.6 Å². The summed E-state index contributed by atoms with van der Waals surface area (Å²) in [6.45, 7) is 0.189. The Morgan fingerprint density at radius 1 is 0.550 bits per heavy atom. The van der Waals surface area contributed by atoms with E-state index in [1.165, 1.54) is 102 Å². The van der Waals surface area contributed by atoms with E-state index in [9.17, 15) is 31.1 Å². The van der Waals surface area contributed by atoms with E-state index in [1.807, 2.05) is 6.07 Å². The van der Waals surface area contributed by atoms with E-state index in [0.717, 1.165) is 17.4 Å². The number of rotatable bonds is 11. The molecule has 24 heteroatoms. The fraction of sp³-hybridized carbons (Fsp3) is 0.250. The number of aldehydes is 1. The van der Waals surface area contributed by atoms with Gasteiger partial charge in [0.2, 0.25) is 18.9 Å². The Labute approximate surface area is 491 Å². The molecule has 0 saturated carbocycles. The minimum atomic E-state index is -0.508. The van der Waals surface area contributed by atoms with E-state index in [4.69, 9.17) is 63.5 Å². The van der Waals surface area contributed by atoms with Crippen LogP contribution in [0.1, 0.15) is 49.3 Å². The van der Waals surface area contributed by atoms with Gasteiger partial charge in [-0.15, -0.1) is 0 Å². The number of hydrogen-bond acceptors (Lipinski definition) is 14. The zero-order valence-corrected chi connectivity index (χ0v) is 50.0. The van der Waals surface area contributed by atoms with Crippen molar-refractivity contribution in [3.8, 4) is 40.6 Å². The quantitative estimate of drug-likeness (QED) is 0.0711. The van der Waals surface area contributed by atoms with Gasteiger partial charge in [0, 0.05) is 80.5 Å². The first-order valence-electron chi connectivity index (χ1n) is 23.1. The second kappa shape index (κ2) is 32.8. The van der Waals surface area contributed by atoms with Crippen molar-refractivity contribution in [2.75, 3.05) is 49.8 Å². The van der Waals surface area contributed by atoms with E-state index in [1.54, 1.807) is 38.5 Å². The van der Waals surface area contributed by atoms with Gasteiger partial charge in [-0.1, -0.05) is 0 Å². The molecule has 80 heavy (non-hydrogen) atoms. The van der Waals surface area contributed by atoms with Gasteiger partial charge in [-0.05, 0) is 149 Å². The van der Waals surface area contributed by atoms with Gasteiger partial charge >= 0.3 is 0 Å². The van der Waals surface area contributed by atoms with Crippen molar-refractivity contribution in [2.45, 2.75) is 44.7 Å². The van der Waals surface area contributed by atoms with Crippen molar-refractivity contribution in [1.29, 1.82) is 5.26 Å². The molecule has 14 nitrogen and oxygen atoms in total. The van der Waals surface area contributed by atoms with Crippen LogP contribution in [0.2, 0.25) is 0 Å². The maximum atomic E-state index is 13.3. The number of fused-ring (bicyclic) bond motifs is 3. The number of carbonyl (C=O) groups is 1. The number of nitriles is 1. The van der Waals surface area contributed by atoms with E-state index in [-0.39, 0.29) is 56.6 Å². The maximum absolute atomic E-state index is 13.3. The molecule has 0 amide bonds. The van der Waals surface area contributed by atoms with Gasteiger partial charge in [0.15, 0.2) is 6.29 Å². The molecular formula is C56H52Br4F6N2O12. The number of ether oxygens (including phenoxy) is 10.